The number of hydrogen-bond donors (Lipinski definition) is 1. The molecule has 1 unspecified atom stereocenters. The van der Waals surface area contributed by atoms with E-state index in [4.69, 9.17) is 0 Å². The highest BCUT2D eigenvalue weighted by molar-refractivity contribution is 14.0. The monoisotopic (exact) mass is 476 g/mol. The Balaban J connectivity index is 0.00000338. The second-order valence-corrected chi connectivity index (χ2v) is 7.22. The molecule has 0 amide bonds. The minimum absolute atomic E-state index is 0. The highest BCUT2D eigenvalue weighted by atomic mass is 127. The van der Waals surface area contributed by atoms with Crippen molar-refractivity contribution in [3.05, 3.63) is 35.6 Å². The Kier molecular flexibility index (Phi) is 11.1. The van der Waals surface area contributed by atoms with Gasteiger partial charge in [0.2, 0.25) is 0 Å². The molecule has 0 bridgehead atoms. The van der Waals surface area contributed by atoms with Gasteiger partial charge in [0.1, 0.15) is 5.82 Å². The summed E-state index contributed by atoms with van der Waals surface area (Å²) in [5.74, 6) is 1.51. The molecule has 1 aliphatic rings. The minimum atomic E-state index is -0.194. The van der Waals surface area contributed by atoms with Gasteiger partial charge in [-0.05, 0) is 62.4 Å². The number of piperidine rings is 1. The smallest absolute Gasteiger partial charge is 0.193 e. The maximum atomic E-state index is 13.3. The van der Waals surface area contributed by atoms with E-state index in [0.29, 0.717) is 6.54 Å². The van der Waals surface area contributed by atoms with Crippen LogP contribution < -0.4 is 5.32 Å². The van der Waals surface area contributed by atoms with E-state index in [1.165, 1.54) is 45.0 Å². The average molecular weight is 476 g/mol. The first kappa shape index (κ1) is 23.1. The van der Waals surface area contributed by atoms with E-state index in [9.17, 15) is 4.39 Å². The van der Waals surface area contributed by atoms with Crippen LogP contribution in [0.15, 0.2) is 29.3 Å². The summed E-state index contributed by atoms with van der Waals surface area (Å²) >= 11 is 0. The Hall–Kier alpha value is -0.890. The second-order valence-electron chi connectivity index (χ2n) is 7.22. The topological polar surface area (TPSA) is 30.9 Å². The molecule has 6 heteroatoms. The van der Waals surface area contributed by atoms with Gasteiger partial charge in [0.05, 0.1) is 0 Å². The van der Waals surface area contributed by atoms with E-state index >= 15 is 0 Å². The number of nitrogens with one attached hydrogen (secondary N) is 1. The van der Waals surface area contributed by atoms with E-state index < -0.39 is 0 Å². The van der Waals surface area contributed by atoms with Crippen molar-refractivity contribution in [1.29, 1.82) is 0 Å². The molecule has 4 nitrogen and oxygen atoms in total. The minimum Gasteiger partial charge on any atom is -0.356 e. The van der Waals surface area contributed by atoms with E-state index in [0.717, 1.165) is 30.4 Å². The first-order valence-electron chi connectivity index (χ1n) is 9.47. The van der Waals surface area contributed by atoms with Gasteiger partial charge in [0, 0.05) is 33.7 Å². The number of rotatable bonds is 7. The van der Waals surface area contributed by atoms with Gasteiger partial charge in [-0.3, -0.25) is 4.99 Å². The molecule has 0 spiro atoms. The van der Waals surface area contributed by atoms with Gasteiger partial charge in [-0.1, -0.05) is 19.1 Å². The Labute approximate surface area is 175 Å². The fraction of sp³-hybridized carbons (Fsp3) is 0.650. The normalized spacial score (nSPS) is 18.3. The number of unbranched alkanes of at least 4 members (excludes halogenated alkanes) is 1. The van der Waals surface area contributed by atoms with Crippen molar-refractivity contribution in [1.82, 2.24) is 15.1 Å². The molecule has 1 aliphatic heterocycles. The van der Waals surface area contributed by atoms with Crippen LogP contribution in [-0.2, 0) is 6.54 Å². The molecule has 2 rings (SSSR count). The van der Waals surface area contributed by atoms with Crippen LogP contribution in [0.3, 0.4) is 0 Å². The molecule has 1 saturated heterocycles. The van der Waals surface area contributed by atoms with Gasteiger partial charge in [-0.2, -0.15) is 0 Å². The molecule has 148 valence electrons. The first-order valence-corrected chi connectivity index (χ1v) is 9.47. The lowest BCUT2D eigenvalue weighted by Gasteiger charge is -2.30. The van der Waals surface area contributed by atoms with Crippen molar-refractivity contribution in [2.75, 3.05) is 40.3 Å². The maximum Gasteiger partial charge on any atom is 0.193 e. The quantitative estimate of drug-likeness (QED) is 0.280. The lowest BCUT2D eigenvalue weighted by Crippen LogP contribution is -2.39. The number of nitrogens with zero attached hydrogens (tertiary/aromatic N) is 3. The molecule has 1 aromatic rings. The summed E-state index contributed by atoms with van der Waals surface area (Å²) in [6.07, 6.45) is 5.07. The van der Waals surface area contributed by atoms with Gasteiger partial charge in [0.25, 0.3) is 0 Å². The standard InChI is InChI=1S/C20H33FN4.HI/c1-17-8-7-13-25(15-17)12-5-4-11-23-20(22-2)24(3)16-18-9-6-10-19(21)14-18;/h6,9-10,14,17H,4-5,7-8,11-13,15-16H2,1-3H3,(H,22,23);1H. The Morgan fingerprint density at radius 2 is 2.19 bits per heavy atom. The predicted octanol–water partition coefficient (Wildman–Crippen LogP) is 3.96. The zero-order chi connectivity index (χ0) is 18.1. The van der Waals surface area contributed by atoms with E-state index in [1.807, 2.05) is 18.0 Å². The summed E-state index contributed by atoms with van der Waals surface area (Å²) in [7, 11) is 3.77. The van der Waals surface area contributed by atoms with Crippen molar-refractivity contribution in [2.24, 2.45) is 10.9 Å². The van der Waals surface area contributed by atoms with Crippen molar-refractivity contribution in [2.45, 2.75) is 39.2 Å². The molecule has 1 fully saturated rings. The molecular weight excluding hydrogens is 442 g/mol. The van der Waals surface area contributed by atoms with Gasteiger partial charge < -0.3 is 15.1 Å². The van der Waals surface area contributed by atoms with E-state index in [-0.39, 0.29) is 29.8 Å². The van der Waals surface area contributed by atoms with Crippen LogP contribution in [0.4, 0.5) is 4.39 Å². The van der Waals surface area contributed by atoms with Crippen molar-refractivity contribution in [3.8, 4) is 0 Å². The lowest BCUT2D eigenvalue weighted by molar-refractivity contribution is 0.181. The number of aliphatic imine (C=N–C) groups is 1. The van der Waals surface area contributed by atoms with Crippen LogP contribution >= 0.6 is 24.0 Å². The van der Waals surface area contributed by atoms with E-state index in [1.54, 1.807) is 19.2 Å². The number of likely N-dealkylation sites (tertiary alicyclic amines) is 1. The predicted molar refractivity (Wildman–Crippen MR) is 119 cm³/mol. The van der Waals surface area contributed by atoms with Crippen LogP contribution in [0.1, 0.15) is 38.2 Å². The fourth-order valence-corrected chi connectivity index (χ4v) is 3.52. The summed E-state index contributed by atoms with van der Waals surface area (Å²) in [5.41, 5.74) is 0.949. The number of benzene rings is 1. The van der Waals surface area contributed by atoms with Crippen LogP contribution in [0.25, 0.3) is 0 Å². The zero-order valence-corrected chi connectivity index (χ0v) is 18.7. The SMILES string of the molecule is CN=C(NCCCCN1CCCC(C)C1)N(C)Cc1cccc(F)c1.I. The molecule has 1 aromatic carbocycles. The summed E-state index contributed by atoms with van der Waals surface area (Å²) in [4.78, 5) is 8.96. The van der Waals surface area contributed by atoms with Crippen LogP contribution in [0, 0.1) is 11.7 Å². The van der Waals surface area contributed by atoms with Crippen molar-refractivity contribution >= 4 is 29.9 Å². The second kappa shape index (κ2) is 12.5. The Morgan fingerprint density at radius 3 is 2.88 bits per heavy atom. The number of hydrogen-bond acceptors (Lipinski definition) is 2. The van der Waals surface area contributed by atoms with E-state index in [2.05, 4.69) is 22.1 Å². The van der Waals surface area contributed by atoms with Crippen molar-refractivity contribution < 1.29 is 4.39 Å². The number of guanidine groups is 1. The highest BCUT2D eigenvalue weighted by Crippen LogP contribution is 2.15. The fourth-order valence-electron chi connectivity index (χ4n) is 3.52. The molecule has 0 aromatic heterocycles. The third-order valence-electron chi connectivity index (χ3n) is 4.81. The van der Waals surface area contributed by atoms with Crippen LogP contribution in [0.5, 0.6) is 0 Å². The average Bonchev–Trinajstić information content (AvgIpc) is 2.58. The van der Waals surface area contributed by atoms with Gasteiger partial charge in [-0.15, -0.1) is 24.0 Å². The molecule has 0 saturated carbocycles. The maximum absolute atomic E-state index is 13.3. The summed E-state index contributed by atoms with van der Waals surface area (Å²) < 4.78 is 13.3. The molecule has 1 heterocycles. The van der Waals surface area contributed by atoms with Gasteiger partial charge >= 0.3 is 0 Å². The van der Waals surface area contributed by atoms with Crippen LogP contribution in [0.2, 0.25) is 0 Å². The third kappa shape index (κ3) is 8.20. The highest BCUT2D eigenvalue weighted by Gasteiger charge is 2.15. The van der Waals surface area contributed by atoms with Gasteiger partial charge in [-0.25, -0.2) is 4.39 Å². The molecule has 1 atom stereocenters. The number of halogens is 2. The first-order chi connectivity index (χ1) is 12.1. The third-order valence-corrected chi connectivity index (χ3v) is 4.81. The summed E-state index contributed by atoms with van der Waals surface area (Å²) in [6.45, 7) is 7.63. The summed E-state index contributed by atoms with van der Waals surface area (Å²) in [6, 6.07) is 6.73. The van der Waals surface area contributed by atoms with Crippen LogP contribution in [-0.4, -0.2) is 56.0 Å². The Bertz CT molecular complexity index is 552. The summed E-state index contributed by atoms with van der Waals surface area (Å²) in [5, 5.41) is 3.41. The Morgan fingerprint density at radius 1 is 1.38 bits per heavy atom. The molecule has 1 N–H and O–H groups in total. The molecule has 0 radical (unpaired) electrons. The zero-order valence-electron chi connectivity index (χ0n) is 16.4. The van der Waals surface area contributed by atoms with Crippen molar-refractivity contribution in [3.63, 3.8) is 0 Å². The lowest BCUT2D eigenvalue weighted by atomic mass is 10.0. The molecule has 26 heavy (non-hydrogen) atoms. The largest absolute Gasteiger partial charge is 0.356 e. The molecular formula is C20H34FIN4. The van der Waals surface area contributed by atoms with Gasteiger partial charge in [0.15, 0.2) is 5.96 Å². The molecule has 0 aliphatic carbocycles.